The highest BCUT2D eigenvalue weighted by Gasteiger charge is 2.43. The van der Waals surface area contributed by atoms with E-state index in [4.69, 9.17) is 5.73 Å². The average Bonchev–Trinajstić information content (AvgIpc) is 3.11. The van der Waals surface area contributed by atoms with E-state index in [1.165, 1.54) is 80.4 Å². The van der Waals surface area contributed by atoms with Gasteiger partial charge in [-0.3, -0.25) is 4.90 Å². The largest absolute Gasteiger partial charge is 0.365 e. The summed E-state index contributed by atoms with van der Waals surface area (Å²) in [4.78, 5) is 5.53. The maximum Gasteiger partial charge on any atom is 0.0457 e. The fourth-order valence-electron chi connectivity index (χ4n) is 5.45. The fourth-order valence-corrected chi connectivity index (χ4v) is 6.26. The third kappa shape index (κ3) is 3.06. The molecule has 1 saturated heterocycles. The van der Waals surface area contributed by atoms with Gasteiger partial charge in [-0.25, -0.2) is 0 Å². The Morgan fingerprint density at radius 3 is 2.62 bits per heavy atom. The van der Waals surface area contributed by atoms with Gasteiger partial charge in [-0.15, -0.1) is 11.3 Å². The van der Waals surface area contributed by atoms with Gasteiger partial charge < -0.3 is 10.6 Å². The average molecular weight is 370 g/mol. The summed E-state index contributed by atoms with van der Waals surface area (Å²) in [6.45, 7) is 3.72. The Morgan fingerprint density at radius 1 is 0.962 bits per heavy atom. The molecule has 2 atom stereocenters. The van der Waals surface area contributed by atoms with Crippen LogP contribution >= 0.6 is 11.3 Å². The SMILES string of the molecule is NC1CCC(CCN2CCN(c3cccc4sccc34)C3CCC32)CC1. The van der Waals surface area contributed by atoms with Gasteiger partial charge in [0, 0.05) is 47.0 Å². The van der Waals surface area contributed by atoms with Gasteiger partial charge in [-0.05, 0) is 81.0 Å². The molecule has 26 heavy (non-hydrogen) atoms. The van der Waals surface area contributed by atoms with Crippen molar-refractivity contribution in [3.05, 3.63) is 29.6 Å². The molecule has 4 heteroatoms. The number of anilines is 1. The van der Waals surface area contributed by atoms with Crippen LogP contribution in [0.1, 0.15) is 44.9 Å². The highest BCUT2D eigenvalue weighted by molar-refractivity contribution is 7.17. The standard InChI is InChI=1S/C22H31N3S/c23-17-6-4-16(5-7-17)10-12-24-13-14-25(21-9-8-20(21)24)19-2-1-3-22-18(19)11-15-26-22/h1-3,11,15-17,20-21H,4-10,12-14,23H2. The van der Waals surface area contributed by atoms with Gasteiger partial charge in [0.15, 0.2) is 0 Å². The van der Waals surface area contributed by atoms with E-state index in [2.05, 4.69) is 39.4 Å². The molecule has 3 aliphatic rings. The first kappa shape index (κ1) is 17.0. The van der Waals surface area contributed by atoms with Gasteiger partial charge in [0.1, 0.15) is 0 Å². The Balaban J connectivity index is 1.24. The fraction of sp³-hybridized carbons (Fsp3) is 0.636. The zero-order chi connectivity index (χ0) is 17.5. The first-order valence-electron chi connectivity index (χ1n) is 10.5. The van der Waals surface area contributed by atoms with E-state index in [9.17, 15) is 0 Å². The summed E-state index contributed by atoms with van der Waals surface area (Å²) in [5.41, 5.74) is 7.54. The summed E-state index contributed by atoms with van der Waals surface area (Å²) in [7, 11) is 0. The van der Waals surface area contributed by atoms with Crippen molar-refractivity contribution in [3.63, 3.8) is 0 Å². The van der Waals surface area contributed by atoms with Gasteiger partial charge in [0.25, 0.3) is 0 Å². The van der Waals surface area contributed by atoms with Crippen LogP contribution in [-0.4, -0.2) is 42.7 Å². The third-order valence-corrected chi connectivity index (χ3v) is 8.08. The second-order valence-corrected chi connectivity index (χ2v) is 9.57. The second kappa shape index (κ2) is 7.14. The smallest absolute Gasteiger partial charge is 0.0457 e. The van der Waals surface area contributed by atoms with Crippen LogP contribution in [0.25, 0.3) is 10.1 Å². The minimum Gasteiger partial charge on any atom is -0.365 e. The van der Waals surface area contributed by atoms with Gasteiger partial charge in [0.05, 0.1) is 0 Å². The molecule has 1 aromatic heterocycles. The van der Waals surface area contributed by atoms with Crippen molar-refractivity contribution >= 4 is 27.1 Å². The highest BCUT2D eigenvalue weighted by Crippen LogP contribution is 2.40. The van der Waals surface area contributed by atoms with Crippen molar-refractivity contribution in [2.75, 3.05) is 24.5 Å². The molecule has 1 aromatic carbocycles. The van der Waals surface area contributed by atoms with Crippen molar-refractivity contribution in [1.82, 2.24) is 4.90 Å². The molecule has 0 amide bonds. The second-order valence-electron chi connectivity index (χ2n) is 8.62. The number of nitrogens with two attached hydrogens (primary N) is 1. The molecule has 0 bridgehead atoms. The van der Waals surface area contributed by atoms with E-state index in [0.717, 1.165) is 18.0 Å². The van der Waals surface area contributed by atoms with E-state index < -0.39 is 0 Å². The van der Waals surface area contributed by atoms with Crippen LogP contribution in [0.5, 0.6) is 0 Å². The zero-order valence-corrected chi connectivity index (χ0v) is 16.5. The van der Waals surface area contributed by atoms with Gasteiger partial charge >= 0.3 is 0 Å². The molecule has 2 aromatic rings. The van der Waals surface area contributed by atoms with E-state index >= 15 is 0 Å². The van der Waals surface area contributed by atoms with Crippen molar-refractivity contribution in [2.24, 2.45) is 11.7 Å². The third-order valence-electron chi connectivity index (χ3n) is 7.20. The molecule has 140 valence electrons. The Morgan fingerprint density at radius 2 is 1.81 bits per heavy atom. The minimum atomic E-state index is 0.477. The zero-order valence-electron chi connectivity index (χ0n) is 15.6. The summed E-state index contributed by atoms with van der Waals surface area (Å²) in [6.07, 6.45) is 9.33. The van der Waals surface area contributed by atoms with E-state index in [1.54, 1.807) is 0 Å². The quantitative estimate of drug-likeness (QED) is 0.863. The minimum absolute atomic E-state index is 0.477. The highest BCUT2D eigenvalue weighted by atomic mass is 32.1. The molecular formula is C22H31N3S. The van der Waals surface area contributed by atoms with Crippen LogP contribution in [0.4, 0.5) is 5.69 Å². The molecule has 2 N–H and O–H groups in total. The Bertz CT molecular complexity index is 749. The van der Waals surface area contributed by atoms with Crippen molar-refractivity contribution in [3.8, 4) is 0 Å². The number of thiophene rings is 1. The molecule has 0 spiro atoms. The molecule has 3 fully saturated rings. The van der Waals surface area contributed by atoms with Gasteiger partial charge in [0.2, 0.25) is 0 Å². The summed E-state index contributed by atoms with van der Waals surface area (Å²) < 4.78 is 1.43. The Kier molecular flexibility index (Phi) is 4.68. The molecule has 5 rings (SSSR count). The predicted molar refractivity (Wildman–Crippen MR) is 112 cm³/mol. The predicted octanol–water partition coefficient (Wildman–Crippen LogP) is 4.46. The normalized spacial score (nSPS) is 32.4. The number of piperazine rings is 1. The van der Waals surface area contributed by atoms with Crippen LogP contribution in [0.3, 0.4) is 0 Å². The van der Waals surface area contributed by atoms with E-state index in [-0.39, 0.29) is 0 Å². The molecule has 2 unspecified atom stereocenters. The Hall–Kier alpha value is -1.10. The first-order chi connectivity index (χ1) is 12.8. The number of fused-ring (bicyclic) bond motifs is 2. The Labute approximate surface area is 161 Å². The van der Waals surface area contributed by atoms with Crippen LogP contribution < -0.4 is 10.6 Å². The van der Waals surface area contributed by atoms with E-state index in [0.29, 0.717) is 6.04 Å². The van der Waals surface area contributed by atoms with Crippen LogP contribution in [0.15, 0.2) is 29.6 Å². The summed E-state index contributed by atoms with van der Waals surface area (Å²) in [5, 5.41) is 3.69. The maximum atomic E-state index is 6.07. The summed E-state index contributed by atoms with van der Waals surface area (Å²) in [5.74, 6) is 0.922. The van der Waals surface area contributed by atoms with E-state index in [1.807, 2.05) is 11.3 Å². The number of hydrogen-bond acceptors (Lipinski definition) is 4. The lowest BCUT2D eigenvalue weighted by Gasteiger charge is -2.55. The molecule has 2 heterocycles. The molecule has 2 aliphatic carbocycles. The monoisotopic (exact) mass is 369 g/mol. The summed E-state index contributed by atoms with van der Waals surface area (Å²) in [6, 6.07) is 11.1. The lowest BCUT2D eigenvalue weighted by atomic mass is 9.80. The van der Waals surface area contributed by atoms with Crippen molar-refractivity contribution in [1.29, 1.82) is 0 Å². The van der Waals surface area contributed by atoms with Crippen LogP contribution in [-0.2, 0) is 0 Å². The number of rotatable bonds is 4. The lowest BCUT2D eigenvalue weighted by Crippen LogP contribution is -2.65. The topological polar surface area (TPSA) is 32.5 Å². The first-order valence-corrected chi connectivity index (χ1v) is 11.4. The van der Waals surface area contributed by atoms with Gasteiger partial charge in [-0.2, -0.15) is 0 Å². The molecule has 2 saturated carbocycles. The molecular weight excluding hydrogens is 338 g/mol. The number of hydrogen-bond donors (Lipinski definition) is 1. The number of nitrogens with zero attached hydrogens (tertiary/aromatic N) is 2. The van der Waals surface area contributed by atoms with Crippen LogP contribution in [0.2, 0.25) is 0 Å². The van der Waals surface area contributed by atoms with Gasteiger partial charge in [-0.1, -0.05) is 6.07 Å². The lowest BCUT2D eigenvalue weighted by molar-refractivity contribution is 0.0652. The van der Waals surface area contributed by atoms with Crippen molar-refractivity contribution < 1.29 is 0 Å². The molecule has 0 radical (unpaired) electrons. The molecule has 3 nitrogen and oxygen atoms in total. The molecule has 1 aliphatic heterocycles. The van der Waals surface area contributed by atoms with Crippen LogP contribution in [0, 0.1) is 5.92 Å². The summed E-state index contributed by atoms with van der Waals surface area (Å²) >= 11 is 1.86. The number of benzene rings is 1. The van der Waals surface area contributed by atoms with Crippen molar-refractivity contribution in [2.45, 2.75) is 63.1 Å². The maximum absolute atomic E-state index is 6.07.